The monoisotopic (exact) mass is 293 g/mol. The summed E-state index contributed by atoms with van der Waals surface area (Å²) >= 11 is 0. The molecule has 0 fully saturated rings. The van der Waals surface area contributed by atoms with Crippen molar-refractivity contribution in [2.24, 2.45) is 0 Å². The number of nitrogens with zero attached hydrogens (tertiary/aromatic N) is 1. The summed E-state index contributed by atoms with van der Waals surface area (Å²) in [4.78, 5) is 13.6. The summed E-state index contributed by atoms with van der Waals surface area (Å²) in [6.07, 6.45) is 2.88. The molecule has 1 amide bonds. The fraction of sp³-hybridized carbons (Fsp3) is 0.562. The van der Waals surface area contributed by atoms with Crippen LogP contribution < -0.4 is 4.90 Å². The minimum absolute atomic E-state index is 0.302. The molecule has 0 saturated carbocycles. The Morgan fingerprint density at radius 3 is 2.40 bits per heavy atom. The molecule has 0 aromatic heterocycles. The van der Waals surface area contributed by atoms with Gasteiger partial charge in [-0.2, -0.15) is 0 Å². The molecule has 4 heteroatoms. The van der Waals surface area contributed by atoms with E-state index in [4.69, 9.17) is 4.74 Å². The van der Waals surface area contributed by atoms with E-state index in [1.807, 2.05) is 32.9 Å². The van der Waals surface area contributed by atoms with E-state index in [9.17, 15) is 4.79 Å². The molecule has 0 aliphatic carbocycles. The van der Waals surface area contributed by atoms with Gasteiger partial charge in [0, 0.05) is 23.0 Å². The second-order valence-electron chi connectivity index (χ2n) is 5.81. The molecule has 0 bridgehead atoms. The lowest BCUT2D eigenvalue weighted by atomic mass is 10.1. The second-order valence-corrected chi connectivity index (χ2v) is 6.81. The van der Waals surface area contributed by atoms with E-state index in [2.05, 4.69) is 12.1 Å². The first kappa shape index (κ1) is 16.8. The van der Waals surface area contributed by atoms with Gasteiger partial charge in [0.1, 0.15) is 5.60 Å². The van der Waals surface area contributed by atoms with Crippen LogP contribution in [-0.2, 0) is 11.2 Å². The van der Waals surface area contributed by atoms with E-state index in [1.165, 1.54) is 28.3 Å². The van der Waals surface area contributed by atoms with Crippen molar-refractivity contribution in [1.82, 2.24) is 0 Å². The summed E-state index contributed by atoms with van der Waals surface area (Å²) in [6.45, 7) is 5.87. The Hall–Kier alpha value is -1.29. The molecular formula is C16H27NO2Si. The summed E-state index contributed by atoms with van der Waals surface area (Å²) in [5, 5.41) is 0. The molecule has 1 rings (SSSR count). The van der Waals surface area contributed by atoms with Crippen molar-refractivity contribution in [1.29, 1.82) is 0 Å². The van der Waals surface area contributed by atoms with Crippen molar-refractivity contribution in [3.63, 3.8) is 0 Å². The normalized spacial score (nSPS) is 11.4. The Labute approximate surface area is 125 Å². The lowest BCUT2D eigenvalue weighted by molar-refractivity contribution is 0.0419. The summed E-state index contributed by atoms with van der Waals surface area (Å²) < 4.78 is 5.49. The van der Waals surface area contributed by atoms with Crippen LogP contribution in [0.5, 0.6) is 0 Å². The zero-order valence-corrected chi connectivity index (χ0v) is 15.4. The zero-order valence-electron chi connectivity index (χ0n) is 13.4. The van der Waals surface area contributed by atoms with Crippen molar-refractivity contribution in [3.05, 3.63) is 29.8 Å². The molecule has 0 radical (unpaired) electrons. The smallest absolute Gasteiger partial charge is 0.414 e. The number of hydrogen-bond acceptors (Lipinski definition) is 2. The maximum absolute atomic E-state index is 12.1. The fourth-order valence-electron chi connectivity index (χ4n) is 1.75. The predicted molar refractivity (Wildman–Crippen MR) is 88.8 cm³/mol. The van der Waals surface area contributed by atoms with Gasteiger partial charge in [-0.25, -0.2) is 4.79 Å². The molecule has 0 atom stereocenters. The van der Waals surface area contributed by atoms with Crippen molar-refractivity contribution in [2.45, 2.75) is 51.7 Å². The highest BCUT2D eigenvalue weighted by Crippen LogP contribution is 2.20. The van der Waals surface area contributed by atoms with Crippen LogP contribution in [0.4, 0.5) is 10.5 Å². The van der Waals surface area contributed by atoms with Crippen LogP contribution in [0.3, 0.4) is 0 Å². The van der Waals surface area contributed by atoms with E-state index in [0.29, 0.717) is 0 Å². The van der Waals surface area contributed by atoms with Gasteiger partial charge in [-0.05, 0) is 44.4 Å². The summed E-state index contributed by atoms with van der Waals surface area (Å²) in [6, 6.07) is 9.51. The molecule has 0 spiro atoms. The minimum Gasteiger partial charge on any atom is -0.443 e. The van der Waals surface area contributed by atoms with Crippen LogP contribution in [-0.4, -0.2) is 29.0 Å². The SMILES string of the molecule is CCC(C)(C)OC(=O)N(C)c1ccc(CCC[SiH3])cc1. The van der Waals surface area contributed by atoms with Crippen LogP contribution in [0, 0.1) is 0 Å². The van der Waals surface area contributed by atoms with Crippen LogP contribution in [0.1, 0.15) is 39.2 Å². The van der Waals surface area contributed by atoms with Crippen LogP contribution in [0.2, 0.25) is 6.04 Å². The van der Waals surface area contributed by atoms with E-state index < -0.39 is 5.60 Å². The Kier molecular flexibility index (Phi) is 6.27. The fourth-order valence-corrected chi connectivity index (χ4v) is 2.10. The highest BCUT2D eigenvalue weighted by atomic mass is 28.1. The third-order valence-electron chi connectivity index (χ3n) is 3.63. The van der Waals surface area contributed by atoms with Crippen molar-refractivity contribution in [2.75, 3.05) is 11.9 Å². The number of rotatable bonds is 6. The Morgan fingerprint density at radius 2 is 1.90 bits per heavy atom. The number of carbonyl (C=O) groups excluding carboxylic acids is 1. The molecular weight excluding hydrogens is 266 g/mol. The molecule has 3 nitrogen and oxygen atoms in total. The quantitative estimate of drug-likeness (QED) is 0.754. The second kappa shape index (κ2) is 7.48. The summed E-state index contributed by atoms with van der Waals surface area (Å²) in [7, 11) is 3.02. The highest BCUT2D eigenvalue weighted by Gasteiger charge is 2.23. The average molecular weight is 293 g/mol. The first-order valence-corrected chi connectivity index (χ1v) is 8.86. The van der Waals surface area contributed by atoms with E-state index in [1.54, 1.807) is 11.9 Å². The third kappa shape index (κ3) is 5.00. The number of carbonyl (C=O) groups is 1. The van der Waals surface area contributed by atoms with Crippen LogP contribution >= 0.6 is 0 Å². The van der Waals surface area contributed by atoms with Gasteiger partial charge in [-0.1, -0.05) is 31.5 Å². The maximum atomic E-state index is 12.1. The number of benzene rings is 1. The molecule has 112 valence electrons. The molecule has 20 heavy (non-hydrogen) atoms. The number of aryl methyl sites for hydroxylation is 1. The lowest BCUT2D eigenvalue weighted by Crippen LogP contribution is -2.35. The number of anilines is 1. The van der Waals surface area contributed by atoms with Gasteiger partial charge in [-0.15, -0.1) is 0 Å². The summed E-state index contributed by atoms with van der Waals surface area (Å²) in [5.41, 5.74) is 1.79. The topological polar surface area (TPSA) is 29.5 Å². The molecule has 1 aromatic rings. The van der Waals surface area contributed by atoms with Gasteiger partial charge in [-0.3, -0.25) is 4.90 Å². The molecule has 0 unspecified atom stereocenters. The molecule has 0 saturated heterocycles. The Bertz CT molecular complexity index is 429. The standard InChI is InChI=1S/C16H27NO2Si/c1-5-16(2,3)19-15(18)17(4)14-10-8-13(9-11-14)7-6-12-20/h8-11H,5-7,12H2,1-4,20H3. The number of ether oxygens (including phenoxy) is 1. The summed E-state index contributed by atoms with van der Waals surface area (Å²) in [5.74, 6) is 0. The highest BCUT2D eigenvalue weighted by molar-refractivity contribution is 6.08. The number of hydrogen-bond donors (Lipinski definition) is 0. The van der Waals surface area contributed by atoms with Gasteiger partial charge >= 0.3 is 6.09 Å². The van der Waals surface area contributed by atoms with Crippen molar-refractivity contribution >= 4 is 22.0 Å². The Morgan fingerprint density at radius 1 is 1.30 bits per heavy atom. The van der Waals surface area contributed by atoms with E-state index in [-0.39, 0.29) is 6.09 Å². The molecule has 0 N–H and O–H groups in total. The van der Waals surface area contributed by atoms with E-state index >= 15 is 0 Å². The van der Waals surface area contributed by atoms with Crippen molar-refractivity contribution < 1.29 is 9.53 Å². The first-order valence-electron chi connectivity index (χ1n) is 7.45. The first-order chi connectivity index (χ1) is 9.39. The van der Waals surface area contributed by atoms with Gasteiger partial charge in [0.2, 0.25) is 0 Å². The Balaban J connectivity index is 2.67. The van der Waals surface area contributed by atoms with Gasteiger partial charge in [0.05, 0.1) is 0 Å². The molecule has 0 aliphatic rings. The predicted octanol–water partition coefficient (Wildman–Crippen LogP) is 3.16. The average Bonchev–Trinajstić information content (AvgIpc) is 2.44. The zero-order chi connectivity index (χ0) is 15.2. The largest absolute Gasteiger partial charge is 0.443 e. The lowest BCUT2D eigenvalue weighted by Gasteiger charge is -2.27. The molecule has 1 aromatic carbocycles. The maximum Gasteiger partial charge on any atom is 0.414 e. The third-order valence-corrected chi connectivity index (χ3v) is 4.34. The molecule has 0 aliphatic heterocycles. The van der Waals surface area contributed by atoms with Crippen LogP contribution in [0.15, 0.2) is 24.3 Å². The van der Waals surface area contributed by atoms with Gasteiger partial charge in [0.15, 0.2) is 0 Å². The van der Waals surface area contributed by atoms with Crippen LogP contribution in [0.25, 0.3) is 0 Å². The van der Waals surface area contributed by atoms with Gasteiger partial charge < -0.3 is 4.74 Å². The molecule has 0 heterocycles. The number of amides is 1. The minimum atomic E-state index is -0.420. The van der Waals surface area contributed by atoms with Gasteiger partial charge in [0.25, 0.3) is 0 Å². The van der Waals surface area contributed by atoms with Crippen molar-refractivity contribution in [3.8, 4) is 0 Å². The van der Waals surface area contributed by atoms with E-state index in [0.717, 1.165) is 18.5 Å².